The third-order valence-corrected chi connectivity index (χ3v) is 6.21. The number of hydrogen-bond acceptors (Lipinski definition) is 4. The van der Waals surface area contributed by atoms with Gasteiger partial charge < -0.3 is 0 Å². The van der Waals surface area contributed by atoms with Crippen molar-refractivity contribution in [1.29, 1.82) is 15.8 Å². The van der Waals surface area contributed by atoms with Crippen LogP contribution in [0.15, 0.2) is 42.0 Å². The Morgan fingerprint density at radius 3 is 2.27 bits per heavy atom. The van der Waals surface area contributed by atoms with Gasteiger partial charge in [-0.1, -0.05) is 44.2 Å². The molecule has 0 aromatic carbocycles. The molecule has 146 valence electrons. The van der Waals surface area contributed by atoms with Gasteiger partial charge in [0.15, 0.2) is 0 Å². The highest BCUT2D eigenvalue weighted by molar-refractivity contribution is 7.14. The van der Waals surface area contributed by atoms with E-state index in [2.05, 4.69) is 58.0 Å². The Balaban J connectivity index is 2.01. The van der Waals surface area contributed by atoms with Gasteiger partial charge in [0.05, 0.1) is 5.57 Å². The van der Waals surface area contributed by atoms with E-state index in [0.29, 0.717) is 10.8 Å². The summed E-state index contributed by atoms with van der Waals surface area (Å²) in [7, 11) is 0. The highest BCUT2D eigenvalue weighted by atomic mass is 32.1. The van der Waals surface area contributed by atoms with Crippen molar-refractivity contribution in [3.05, 3.63) is 74.0 Å². The smallest absolute Gasteiger partial charge is 0.148 e. The van der Waals surface area contributed by atoms with Gasteiger partial charge in [-0.3, -0.25) is 0 Å². The molecule has 1 aromatic rings. The summed E-state index contributed by atoms with van der Waals surface area (Å²) < 4.78 is 0. The summed E-state index contributed by atoms with van der Waals surface area (Å²) in [5, 5.41) is 27.5. The molecule has 0 spiro atoms. The van der Waals surface area contributed by atoms with Crippen LogP contribution < -0.4 is 0 Å². The Labute approximate surface area is 181 Å². The average molecular weight is 408 g/mol. The zero-order valence-electron chi connectivity index (χ0n) is 17.4. The van der Waals surface area contributed by atoms with Gasteiger partial charge in [-0.15, -0.1) is 11.3 Å². The molecule has 0 bridgehead atoms. The summed E-state index contributed by atoms with van der Waals surface area (Å²) in [5.74, 6) is 0.465. The summed E-state index contributed by atoms with van der Waals surface area (Å²) in [6.07, 6.45) is 4.11. The van der Waals surface area contributed by atoms with Crippen LogP contribution in [0.5, 0.6) is 0 Å². The van der Waals surface area contributed by atoms with Crippen molar-refractivity contribution in [3.8, 4) is 29.3 Å². The molecule has 30 heavy (non-hydrogen) atoms. The molecular formula is C26H21N3S. The standard InChI is InChI=1S/C26H21N3S/c1-16(2)19-6-5-17(3)26-20(11-18(4)23(26)12-19)7-8-22-9-10-25(30-22)24(15-29)21(13-27)14-28/h5-12,16H,1-4H3/b8-7+. The first kappa shape index (κ1) is 21.1. The maximum atomic E-state index is 9.34. The highest BCUT2D eigenvalue weighted by Crippen LogP contribution is 2.37. The van der Waals surface area contributed by atoms with Crippen LogP contribution >= 0.6 is 11.3 Å². The van der Waals surface area contributed by atoms with Gasteiger partial charge in [0.2, 0.25) is 0 Å². The molecule has 0 N–H and O–H groups in total. The molecule has 1 heterocycles. The first-order valence-electron chi connectivity index (χ1n) is 9.66. The highest BCUT2D eigenvalue weighted by Gasteiger charge is 2.15. The summed E-state index contributed by atoms with van der Waals surface area (Å²) in [4.78, 5) is 1.59. The summed E-state index contributed by atoms with van der Waals surface area (Å²) in [6, 6.07) is 18.2. The minimum Gasteiger partial charge on any atom is -0.192 e. The fourth-order valence-corrected chi connectivity index (χ4v) is 4.40. The van der Waals surface area contributed by atoms with Crippen LogP contribution in [0.25, 0.3) is 28.9 Å². The van der Waals surface area contributed by atoms with Crippen molar-refractivity contribution < 1.29 is 0 Å². The van der Waals surface area contributed by atoms with Gasteiger partial charge in [-0.25, -0.2) is 0 Å². The van der Waals surface area contributed by atoms with Gasteiger partial charge in [-0.05, 0) is 71.4 Å². The van der Waals surface area contributed by atoms with Crippen molar-refractivity contribution in [2.24, 2.45) is 0 Å². The maximum Gasteiger partial charge on any atom is 0.148 e. The lowest BCUT2D eigenvalue weighted by molar-refractivity contribution is 0.868. The van der Waals surface area contributed by atoms with E-state index in [9.17, 15) is 5.26 Å². The zero-order valence-corrected chi connectivity index (χ0v) is 18.3. The van der Waals surface area contributed by atoms with Crippen molar-refractivity contribution in [2.75, 3.05) is 0 Å². The van der Waals surface area contributed by atoms with E-state index in [1.54, 1.807) is 18.2 Å². The molecule has 0 saturated carbocycles. The molecule has 0 aliphatic heterocycles. The van der Waals surface area contributed by atoms with Crippen LogP contribution in [0.3, 0.4) is 0 Å². The molecule has 2 aliphatic rings. The van der Waals surface area contributed by atoms with Crippen molar-refractivity contribution in [1.82, 2.24) is 0 Å². The number of fused-ring (bicyclic) bond motifs is 1. The second-order valence-electron chi connectivity index (χ2n) is 7.51. The predicted molar refractivity (Wildman–Crippen MR) is 124 cm³/mol. The van der Waals surface area contributed by atoms with Crippen molar-refractivity contribution in [3.63, 3.8) is 0 Å². The van der Waals surface area contributed by atoms with Crippen LogP contribution in [0.2, 0.25) is 0 Å². The SMILES string of the molecule is Cc1cc(/C=C/c2ccc(C(C#N)=C(C#N)C#N)s2)c2c(C)ccc(C(C)C)cc1-2. The molecule has 2 aliphatic carbocycles. The molecule has 0 radical (unpaired) electrons. The molecular weight excluding hydrogens is 386 g/mol. The largest absolute Gasteiger partial charge is 0.192 e. The lowest BCUT2D eigenvalue weighted by atomic mass is 10.0. The third-order valence-electron chi connectivity index (χ3n) is 5.14. The molecule has 0 atom stereocenters. The zero-order chi connectivity index (χ0) is 21.8. The van der Waals surface area contributed by atoms with E-state index >= 15 is 0 Å². The number of hydrogen-bond donors (Lipinski definition) is 0. The predicted octanol–water partition coefficient (Wildman–Crippen LogP) is 7.09. The number of rotatable bonds is 4. The Bertz CT molecular complexity index is 1250. The fraction of sp³-hybridized carbons (Fsp3) is 0.192. The van der Waals surface area contributed by atoms with Crippen LogP contribution in [0.1, 0.15) is 51.8 Å². The van der Waals surface area contributed by atoms with Gasteiger partial charge >= 0.3 is 0 Å². The van der Waals surface area contributed by atoms with Gasteiger partial charge in [0.1, 0.15) is 23.8 Å². The van der Waals surface area contributed by atoms with Crippen LogP contribution in [0.4, 0.5) is 0 Å². The number of thiophene rings is 1. The Morgan fingerprint density at radius 1 is 0.900 bits per heavy atom. The minimum absolute atomic E-state index is 0.128. The topological polar surface area (TPSA) is 71.4 Å². The van der Waals surface area contributed by atoms with Crippen LogP contribution in [0, 0.1) is 47.8 Å². The van der Waals surface area contributed by atoms with E-state index in [1.165, 1.54) is 39.2 Å². The van der Waals surface area contributed by atoms with Gasteiger partial charge in [-0.2, -0.15) is 15.8 Å². The van der Waals surface area contributed by atoms with Crippen LogP contribution in [-0.4, -0.2) is 0 Å². The van der Waals surface area contributed by atoms with Crippen molar-refractivity contribution >= 4 is 29.1 Å². The number of nitrogens with zero attached hydrogens (tertiary/aromatic N) is 3. The second-order valence-corrected chi connectivity index (χ2v) is 8.62. The van der Waals surface area contributed by atoms with E-state index in [4.69, 9.17) is 10.5 Å². The quantitative estimate of drug-likeness (QED) is 0.433. The average Bonchev–Trinajstić information content (AvgIpc) is 3.26. The fourth-order valence-electron chi connectivity index (χ4n) is 3.49. The monoisotopic (exact) mass is 407 g/mol. The Morgan fingerprint density at radius 2 is 1.63 bits per heavy atom. The van der Waals surface area contributed by atoms with Crippen molar-refractivity contribution in [2.45, 2.75) is 33.6 Å². The first-order chi connectivity index (χ1) is 14.4. The van der Waals surface area contributed by atoms with Gasteiger partial charge in [0, 0.05) is 9.75 Å². The summed E-state index contributed by atoms with van der Waals surface area (Å²) in [6.45, 7) is 8.69. The molecule has 3 nitrogen and oxygen atoms in total. The number of allylic oxidation sites excluding steroid dienone is 2. The maximum absolute atomic E-state index is 9.34. The summed E-state index contributed by atoms with van der Waals surface area (Å²) in [5.41, 5.74) is 7.46. The normalized spacial score (nSPS) is 10.7. The number of nitriles is 3. The molecule has 0 unspecified atom stereocenters. The second kappa shape index (κ2) is 8.79. The van der Waals surface area contributed by atoms with Gasteiger partial charge in [0.25, 0.3) is 0 Å². The van der Waals surface area contributed by atoms with Crippen LogP contribution in [-0.2, 0) is 0 Å². The van der Waals surface area contributed by atoms with E-state index in [-0.39, 0.29) is 11.1 Å². The molecule has 1 aromatic heterocycles. The molecule has 0 amide bonds. The molecule has 0 fully saturated rings. The minimum atomic E-state index is -0.156. The molecule has 4 heteroatoms. The Kier molecular flexibility index (Phi) is 6.17. The van der Waals surface area contributed by atoms with E-state index in [0.717, 1.165) is 10.4 Å². The first-order valence-corrected chi connectivity index (χ1v) is 10.5. The lowest BCUT2D eigenvalue weighted by Crippen LogP contribution is -1.84. The lowest BCUT2D eigenvalue weighted by Gasteiger charge is -2.04. The summed E-state index contributed by atoms with van der Waals surface area (Å²) >= 11 is 1.40. The third kappa shape index (κ3) is 4.04. The number of aryl methyl sites for hydroxylation is 2. The molecule has 3 rings (SSSR count). The van der Waals surface area contributed by atoms with E-state index in [1.807, 2.05) is 18.2 Å². The Hall–Kier alpha value is -3.65. The van der Waals surface area contributed by atoms with E-state index < -0.39 is 0 Å². The molecule has 0 saturated heterocycles.